The quantitative estimate of drug-likeness (QED) is 0.746. The van der Waals surface area contributed by atoms with Crippen molar-refractivity contribution >= 4 is 0 Å². The fourth-order valence-corrected chi connectivity index (χ4v) is 2.38. The van der Waals surface area contributed by atoms with Crippen LogP contribution >= 0.6 is 0 Å². The van der Waals surface area contributed by atoms with Gasteiger partial charge >= 0.3 is 0 Å². The summed E-state index contributed by atoms with van der Waals surface area (Å²) in [7, 11) is 0. The smallest absolute Gasteiger partial charge is 0.0989 e. The van der Waals surface area contributed by atoms with Crippen LogP contribution in [0.15, 0.2) is 36.5 Å². The molecule has 1 fully saturated rings. The van der Waals surface area contributed by atoms with E-state index in [-0.39, 0.29) is 0 Å². The van der Waals surface area contributed by atoms with E-state index in [4.69, 9.17) is 0 Å². The van der Waals surface area contributed by atoms with Gasteiger partial charge in [-0.1, -0.05) is 29.8 Å². The number of hydrazine groups is 1. The molecule has 2 atom stereocenters. The van der Waals surface area contributed by atoms with E-state index in [9.17, 15) is 0 Å². The van der Waals surface area contributed by atoms with Crippen molar-refractivity contribution in [3.8, 4) is 0 Å². The van der Waals surface area contributed by atoms with Gasteiger partial charge in [0, 0.05) is 18.8 Å². The lowest BCUT2D eigenvalue weighted by Gasteiger charge is -2.35. The van der Waals surface area contributed by atoms with Crippen LogP contribution in [0.4, 0.5) is 0 Å². The first-order valence-corrected chi connectivity index (χ1v) is 5.85. The molecule has 0 amide bonds. The molecule has 0 bridgehead atoms. The molecule has 1 aromatic rings. The third kappa shape index (κ3) is 1.72. The second kappa shape index (κ2) is 3.92. The number of benzene rings is 1. The Bertz CT molecular complexity index is 396. The van der Waals surface area contributed by atoms with Crippen LogP contribution in [0.5, 0.6) is 0 Å². The molecule has 2 aliphatic heterocycles. The molecule has 2 heterocycles. The molecular weight excluding hydrogens is 198 g/mol. The molecule has 0 aliphatic carbocycles. The lowest BCUT2D eigenvalue weighted by Crippen LogP contribution is -2.52. The molecule has 2 unspecified atom stereocenters. The molecule has 84 valence electrons. The second-order valence-electron chi connectivity index (χ2n) is 4.55. The van der Waals surface area contributed by atoms with Gasteiger partial charge in [-0.3, -0.25) is 5.32 Å². The van der Waals surface area contributed by atoms with Gasteiger partial charge in [-0.2, -0.15) is 0 Å². The summed E-state index contributed by atoms with van der Waals surface area (Å²) in [5.41, 5.74) is 5.95. The minimum Gasteiger partial charge on any atom is -0.325 e. The number of fused-ring (bicyclic) bond motifs is 1. The fraction of sp³-hybridized carbons (Fsp3) is 0.385. The number of hydrogen-bond donors (Lipinski definition) is 2. The molecule has 3 rings (SSSR count). The first-order valence-electron chi connectivity index (χ1n) is 5.85. The number of aryl methyl sites for hydroxylation is 1. The maximum absolute atomic E-state index is 3.63. The van der Waals surface area contributed by atoms with E-state index in [1.807, 2.05) is 6.20 Å². The molecule has 1 aromatic carbocycles. The molecule has 3 nitrogen and oxygen atoms in total. The van der Waals surface area contributed by atoms with Crippen LogP contribution in [0.1, 0.15) is 23.6 Å². The van der Waals surface area contributed by atoms with Crippen molar-refractivity contribution in [2.75, 3.05) is 6.54 Å². The monoisotopic (exact) mass is 215 g/mol. The summed E-state index contributed by atoms with van der Waals surface area (Å²) in [6.45, 7) is 3.21. The highest BCUT2D eigenvalue weighted by Crippen LogP contribution is 2.24. The topological polar surface area (TPSA) is 27.3 Å². The maximum atomic E-state index is 3.63. The third-order valence-corrected chi connectivity index (χ3v) is 3.36. The largest absolute Gasteiger partial charge is 0.325 e. The third-order valence-electron chi connectivity index (χ3n) is 3.36. The SMILES string of the molecule is Cc1ccc(C2CCN3NC=CC3N2)cc1. The number of rotatable bonds is 1. The Labute approximate surface area is 96.1 Å². The van der Waals surface area contributed by atoms with Crippen LogP contribution in [0, 0.1) is 6.92 Å². The highest BCUT2D eigenvalue weighted by Gasteiger charge is 2.28. The van der Waals surface area contributed by atoms with Crippen LogP contribution in [0.2, 0.25) is 0 Å². The van der Waals surface area contributed by atoms with Crippen molar-refractivity contribution in [2.24, 2.45) is 0 Å². The van der Waals surface area contributed by atoms with E-state index in [1.165, 1.54) is 11.1 Å². The predicted octanol–water partition coefficient (Wildman–Crippen LogP) is 1.69. The van der Waals surface area contributed by atoms with Gasteiger partial charge in [0.1, 0.15) is 0 Å². The van der Waals surface area contributed by atoms with Crippen LogP contribution in [0.3, 0.4) is 0 Å². The Morgan fingerprint density at radius 1 is 1.25 bits per heavy atom. The van der Waals surface area contributed by atoms with Crippen LogP contribution < -0.4 is 10.7 Å². The van der Waals surface area contributed by atoms with Crippen LogP contribution in [-0.2, 0) is 0 Å². The molecule has 2 aliphatic rings. The molecule has 16 heavy (non-hydrogen) atoms. The normalized spacial score (nSPS) is 28.8. The van der Waals surface area contributed by atoms with Crippen molar-refractivity contribution in [3.05, 3.63) is 47.7 Å². The standard InChI is InChI=1S/C13H17N3/c1-10-2-4-11(5-3-10)12-7-9-16-13(15-12)6-8-14-16/h2-6,8,12-15H,7,9H2,1H3. The minimum absolute atomic E-state index is 0.347. The highest BCUT2D eigenvalue weighted by molar-refractivity contribution is 5.25. The minimum atomic E-state index is 0.347. The summed E-state index contributed by atoms with van der Waals surface area (Å²) >= 11 is 0. The molecule has 0 aromatic heterocycles. The molecule has 0 saturated carbocycles. The predicted molar refractivity (Wildman–Crippen MR) is 64.4 cm³/mol. The Morgan fingerprint density at radius 2 is 2.06 bits per heavy atom. The lowest BCUT2D eigenvalue weighted by atomic mass is 10.0. The number of nitrogens with one attached hydrogen (secondary N) is 2. The van der Waals surface area contributed by atoms with E-state index >= 15 is 0 Å². The van der Waals surface area contributed by atoms with Crippen LogP contribution in [0.25, 0.3) is 0 Å². The average Bonchev–Trinajstić information content (AvgIpc) is 2.77. The van der Waals surface area contributed by atoms with Gasteiger partial charge in [-0.25, -0.2) is 5.01 Å². The molecule has 3 heteroatoms. The summed E-state index contributed by atoms with van der Waals surface area (Å²) in [6, 6.07) is 9.31. The van der Waals surface area contributed by atoms with E-state index in [0.29, 0.717) is 12.2 Å². The second-order valence-corrected chi connectivity index (χ2v) is 4.55. The zero-order chi connectivity index (χ0) is 11.0. The van der Waals surface area contributed by atoms with Gasteiger partial charge in [0.25, 0.3) is 0 Å². The lowest BCUT2D eigenvalue weighted by molar-refractivity contribution is 0.115. The molecule has 0 spiro atoms. The average molecular weight is 215 g/mol. The van der Waals surface area contributed by atoms with Gasteiger partial charge in [0.15, 0.2) is 0 Å². The molecule has 0 radical (unpaired) electrons. The summed E-state index contributed by atoms with van der Waals surface area (Å²) in [5, 5.41) is 5.85. The summed E-state index contributed by atoms with van der Waals surface area (Å²) < 4.78 is 0. The Balaban J connectivity index is 1.76. The van der Waals surface area contributed by atoms with Crippen molar-refractivity contribution in [1.82, 2.24) is 15.8 Å². The Kier molecular flexibility index (Phi) is 2.42. The summed E-state index contributed by atoms with van der Waals surface area (Å²) in [5.74, 6) is 0. The number of hydrogen-bond acceptors (Lipinski definition) is 3. The van der Waals surface area contributed by atoms with E-state index in [2.05, 4.69) is 53.0 Å². The summed E-state index contributed by atoms with van der Waals surface area (Å²) in [6.07, 6.45) is 5.67. The Hall–Kier alpha value is -1.32. The van der Waals surface area contributed by atoms with Gasteiger partial charge in [-0.15, -0.1) is 0 Å². The molecule has 2 N–H and O–H groups in total. The highest BCUT2D eigenvalue weighted by atomic mass is 15.6. The van der Waals surface area contributed by atoms with Crippen LogP contribution in [-0.4, -0.2) is 17.7 Å². The van der Waals surface area contributed by atoms with Gasteiger partial charge in [0.2, 0.25) is 0 Å². The van der Waals surface area contributed by atoms with Crippen molar-refractivity contribution < 1.29 is 0 Å². The zero-order valence-corrected chi connectivity index (χ0v) is 9.48. The first-order chi connectivity index (χ1) is 7.83. The van der Waals surface area contributed by atoms with Gasteiger partial charge in [-0.05, 0) is 25.0 Å². The van der Waals surface area contributed by atoms with Crippen molar-refractivity contribution in [3.63, 3.8) is 0 Å². The summed E-state index contributed by atoms with van der Waals surface area (Å²) in [4.78, 5) is 0. The fourth-order valence-electron chi connectivity index (χ4n) is 2.38. The van der Waals surface area contributed by atoms with E-state index < -0.39 is 0 Å². The van der Waals surface area contributed by atoms with Crippen molar-refractivity contribution in [2.45, 2.75) is 25.6 Å². The van der Waals surface area contributed by atoms with Gasteiger partial charge in [0.05, 0.1) is 6.17 Å². The van der Waals surface area contributed by atoms with Gasteiger partial charge < -0.3 is 5.43 Å². The first kappa shape index (κ1) is 9.87. The molecular formula is C13H17N3. The zero-order valence-electron chi connectivity index (χ0n) is 9.48. The molecule has 1 saturated heterocycles. The van der Waals surface area contributed by atoms with E-state index in [0.717, 1.165) is 13.0 Å². The number of nitrogens with zero attached hydrogens (tertiary/aromatic N) is 1. The van der Waals surface area contributed by atoms with E-state index in [1.54, 1.807) is 0 Å². The Morgan fingerprint density at radius 3 is 2.88 bits per heavy atom. The van der Waals surface area contributed by atoms with Crippen molar-refractivity contribution in [1.29, 1.82) is 0 Å². The maximum Gasteiger partial charge on any atom is 0.0989 e.